The smallest absolute Gasteiger partial charge is 0.321 e. The SMILES string of the molecule is Cc1ccc(NC(=O)N2CCN(Cc3ccccc3)CC2)cc1C(N)=O. The highest BCUT2D eigenvalue weighted by Crippen LogP contribution is 2.16. The number of hydrogen-bond acceptors (Lipinski definition) is 3. The van der Waals surface area contributed by atoms with Gasteiger partial charge in [0.05, 0.1) is 0 Å². The van der Waals surface area contributed by atoms with Gasteiger partial charge in [-0.15, -0.1) is 0 Å². The number of aryl methyl sites for hydroxylation is 1. The number of primary amides is 1. The number of nitrogens with zero attached hydrogens (tertiary/aromatic N) is 2. The van der Waals surface area contributed by atoms with E-state index in [4.69, 9.17) is 5.73 Å². The molecule has 1 aliphatic rings. The van der Waals surface area contributed by atoms with E-state index in [0.717, 1.165) is 25.2 Å². The van der Waals surface area contributed by atoms with Gasteiger partial charge >= 0.3 is 6.03 Å². The Hall–Kier alpha value is -2.86. The maximum atomic E-state index is 12.5. The molecule has 3 amide bonds. The van der Waals surface area contributed by atoms with Crippen molar-refractivity contribution in [2.24, 2.45) is 5.73 Å². The summed E-state index contributed by atoms with van der Waals surface area (Å²) >= 11 is 0. The lowest BCUT2D eigenvalue weighted by Crippen LogP contribution is -2.49. The summed E-state index contributed by atoms with van der Waals surface area (Å²) in [6.45, 7) is 5.74. The summed E-state index contributed by atoms with van der Waals surface area (Å²) < 4.78 is 0. The van der Waals surface area contributed by atoms with Gasteiger partial charge in [-0.2, -0.15) is 0 Å². The first-order valence-corrected chi connectivity index (χ1v) is 8.75. The van der Waals surface area contributed by atoms with Crippen LogP contribution in [-0.2, 0) is 6.54 Å². The van der Waals surface area contributed by atoms with Gasteiger partial charge in [0.1, 0.15) is 0 Å². The highest BCUT2D eigenvalue weighted by Gasteiger charge is 2.21. The van der Waals surface area contributed by atoms with E-state index >= 15 is 0 Å². The molecule has 0 atom stereocenters. The van der Waals surface area contributed by atoms with Crippen LogP contribution in [0.5, 0.6) is 0 Å². The van der Waals surface area contributed by atoms with Gasteiger partial charge in [0.15, 0.2) is 0 Å². The average molecular weight is 352 g/mol. The van der Waals surface area contributed by atoms with Crippen LogP contribution in [0.4, 0.5) is 10.5 Å². The number of nitrogens with one attached hydrogen (secondary N) is 1. The van der Waals surface area contributed by atoms with Crippen LogP contribution in [0.25, 0.3) is 0 Å². The molecule has 1 saturated heterocycles. The zero-order chi connectivity index (χ0) is 18.5. The zero-order valence-corrected chi connectivity index (χ0v) is 14.9. The van der Waals surface area contributed by atoms with Crippen molar-refractivity contribution in [3.05, 3.63) is 65.2 Å². The molecule has 2 aromatic carbocycles. The normalized spacial score (nSPS) is 14.9. The van der Waals surface area contributed by atoms with Crippen LogP contribution in [0.15, 0.2) is 48.5 Å². The van der Waals surface area contributed by atoms with Crippen molar-refractivity contribution in [2.45, 2.75) is 13.5 Å². The second-order valence-corrected chi connectivity index (χ2v) is 6.57. The molecular weight excluding hydrogens is 328 g/mol. The van der Waals surface area contributed by atoms with Crippen molar-refractivity contribution in [2.75, 3.05) is 31.5 Å². The van der Waals surface area contributed by atoms with Crippen molar-refractivity contribution in [1.29, 1.82) is 0 Å². The number of amides is 3. The summed E-state index contributed by atoms with van der Waals surface area (Å²) in [5.41, 5.74) is 8.46. The lowest BCUT2D eigenvalue weighted by Gasteiger charge is -2.34. The summed E-state index contributed by atoms with van der Waals surface area (Å²) in [5.74, 6) is -0.492. The topological polar surface area (TPSA) is 78.7 Å². The molecular formula is C20H24N4O2. The molecule has 0 saturated carbocycles. The molecule has 6 heteroatoms. The van der Waals surface area contributed by atoms with Gasteiger partial charge in [-0.25, -0.2) is 4.79 Å². The van der Waals surface area contributed by atoms with Crippen molar-refractivity contribution in [3.63, 3.8) is 0 Å². The molecule has 26 heavy (non-hydrogen) atoms. The first-order valence-electron chi connectivity index (χ1n) is 8.75. The van der Waals surface area contributed by atoms with Gasteiger partial charge in [0.25, 0.3) is 0 Å². The van der Waals surface area contributed by atoms with Crippen LogP contribution in [0.1, 0.15) is 21.5 Å². The van der Waals surface area contributed by atoms with Crippen molar-refractivity contribution in [3.8, 4) is 0 Å². The fourth-order valence-corrected chi connectivity index (χ4v) is 3.12. The van der Waals surface area contributed by atoms with Crippen LogP contribution in [0.2, 0.25) is 0 Å². The van der Waals surface area contributed by atoms with Crippen molar-refractivity contribution < 1.29 is 9.59 Å². The largest absolute Gasteiger partial charge is 0.366 e. The van der Waals surface area contributed by atoms with Crippen LogP contribution in [-0.4, -0.2) is 47.9 Å². The maximum absolute atomic E-state index is 12.5. The quantitative estimate of drug-likeness (QED) is 0.887. The van der Waals surface area contributed by atoms with Crippen molar-refractivity contribution in [1.82, 2.24) is 9.80 Å². The zero-order valence-electron chi connectivity index (χ0n) is 14.9. The summed E-state index contributed by atoms with van der Waals surface area (Å²) in [5, 5.41) is 2.86. The van der Waals surface area contributed by atoms with Gasteiger partial charge in [0, 0.05) is 44.0 Å². The van der Waals surface area contributed by atoms with E-state index in [-0.39, 0.29) is 6.03 Å². The van der Waals surface area contributed by atoms with Crippen LogP contribution in [0, 0.1) is 6.92 Å². The Bertz CT molecular complexity index is 784. The Morgan fingerprint density at radius 3 is 2.38 bits per heavy atom. The first-order chi connectivity index (χ1) is 12.5. The van der Waals surface area contributed by atoms with Crippen LogP contribution < -0.4 is 11.1 Å². The van der Waals surface area contributed by atoms with E-state index in [1.807, 2.05) is 25.1 Å². The fraction of sp³-hybridized carbons (Fsp3) is 0.300. The number of nitrogens with two attached hydrogens (primary N) is 1. The average Bonchev–Trinajstić information content (AvgIpc) is 2.64. The molecule has 0 bridgehead atoms. The minimum absolute atomic E-state index is 0.149. The first kappa shape index (κ1) is 17.9. The number of carbonyl (C=O) groups is 2. The van der Waals surface area contributed by atoms with E-state index in [1.54, 1.807) is 23.1 Å². The number of carbonyl (C=O) groups excluding carboxylic acids is 2. The molecule has 6 nitrogen and oxygen atoms in total. The third kappa shape index (κ3) is 4.40. The molecule has 3 rings (SSSR count). The molecule has 1 fully saturated rings. The van der Waals surface area contributed by atoms with Gasteiger partial charge in [-0.05, 0) is 30.2 Å². The predicted molar refractivity (Wildman–Crippen MR) is 102 cm³/mol. The summed E-state index contributed by atoms with van der Waals surface area (Å²) in [7, 11) is 0. The number of urea groups is 1. The Kier molecular flexibility index (Phi) is 5.53. The Morgan fingerprint density at radius 2 is 1.73 bits per heavy atom. The van der Waals surface area contributed by atoms with Crippen molar-refractivity contribution >= 4 is 17.6 Å². The molecule has 136 valence electrons. The highest BCUT2D eigenvalue weighted by molar-refractivity contribution is 5.97. The number of hydrogen-bond donors (Lipinski definition) is 2. The van der Waals surface area contributed by atoms with Gasteiger partial charge in [-0.3, -0.25) is 9.69 Å². The Morgan fingerprint density at radius 1 is 1.04 bits per heavy atom. The summed E-state index contributed by atoms with van der Waals surface area (Å²) in [6, 6.07) is 15.4. The molecule has 2 aromatic rings. The van der Waals surface area contributed by atoms with Crippen LogP contribution in [0.3, 0.4) is 0 Å². The fourth-order valence-electron chi connectivity index (χ4n) is 3.12. The highest BCUT2D eigenvalue weighted by atomic mass is 16.2. The van der Waals surface area contributed by atoms with E-state index in [9.17, 15) is 9.59 Å². The molecule has 1 aliphatic heterocycles. The summed E-state index contributed by atoms with van der Waals surface area (Å²) in [6.07, 6.45) is 0. The summed E-state index contributed by atoms with van der Waals surface area (Å²) in [4.78, 5) is 28.1. The number of benzene rings is 2. The molecule has 0 aliphatic carbocycles. The number of rotatable bonds is 4. The van der Waals surface area contributed by atoms with E-state index in [1.165, 1.54) is 5.56 Å². The maximum Gasteiger partial charge on any atom is 0.321 e. The Balaban J connectivity index is 1.54. The standard InChI is InChI=1S/C20H24N4O2/c1-15-7-8-17(13-18(15)19(21)25)22-20(26)24-11-9-23(10-12-24)14-16-5-3-2-4-6-16/h2-8,13H,9-12,14H2,1H3,(H2,21,25)(H,22,26). The van der Waals surface area contributed by atoms with Gasteiger partial charge in [-0.1, -0.05) is 36.4 Å². The molecule has 0 unspecified atom stereocenters. The monoisotopic (exact) mass is 352 g/mol. The lowest BCUT2D eigenvalue weighted by molar-refractivity contribution is 0.0999. The Labute approximate surface area is 153 Å². The molecule has 3 N–H and O–H groups in total. The molecule has 1 heterocycles. The number of anilines is 1. The minimum atomic E-state index is -0.492. The second kappa shape index (κ2) is 8.01. The molecule has 0 radical (unpaired) electrons. The molecule has 0 aromatic heterocycles. The third-order valence-corrected chi connectivity index (χ3v) is 4.66. The van der Waals surface area contributed by atoms with Gasteiger partial charge < -0.3 is 16.0 Å². The second-order valence-electron chi connectivity index (χ2n) is 6.57. The number of piperazine rings is 1. The predicted octanol–water partition coefficient (Wildman–Crippen LogP) is 2.44. The van der Waals surface area contributed by atoms with E-state index in [0.29, 0.717) is 24.3 Å². The van der Waals surface area contributed by atoms with Crippen LogP contribution >= 0.6 is 0 Å². The van der Waals surface area contributed by atoms with E-state index in [2.05, 4.69) is 22.3 Å². The third-order valence-electron chi connectivity index (χ3n) is 4.66. The van der Waals surface area contributed by atoms with E-state index < -0.39 is 5.91 Å². The lowest BCUT2D eigenvalue weighted by atomic mass is 10.1. The minimum Gasteiger partial charge on any atom is -0.366 e. The molecule has 0 spiro atoms. The van der Waals surface area contributed by atoms with Gasteiger partial charge in [0.2, 0.25) is 5.91 Å².